The summed E-state index contributed by atoms with van der Waals surface area (Å²) in [4.78, 5) is 16.2. The van der Waals surface area contributed by atoms with Crippen molar-refractivity contribution < 1.29 is 13.6 Å². The van der Waals surface area contributed by atoms with Crippen LogP contribution in [0.2, 0.25) is 5.02 Å². The number of carbonyl (C=O) groups excluding carboxylic acids is 1. The number of benzene rings is 2. The standard InChI is InChI=1S/C19H16ClFN2O2/c1-12-2-7-15(21)16(10-12)23-18(24)8-9-19-22-11-17(25-19)13-3-5-14(20)6-4-13/h2-7,10-11H,8-9H2,1H3,(H,23,24). The van der Waals surface area contributed by atoms with Gasteiger partial charge in [-0.3, -0.25) is 4.79 Å². The predicted molar refractivity (Wildman–Crippen MR) is 95.0 cm³/mol. The summed E-state index contributed by atoms with van der Waals surface area (Å²) in [6.07, 6.45) is 2.08. The molecule has 0 spiro atoms. The van der Waals surface area contributed by atoms with Crippen molar-refractivity contribution in [2.45, 2.75) is 19.8 Å². The van der Waals surface area contributed by atoms with Crippen molar-refractivity contribution in [2.75, 3.05) is 5.32 Å². The highest BCUT2D eigenvalue weighted by molar-refractivity contribution is 6.30. The minimum Gasteiger partial charge on any atom is -0.441 e. The van der Waals surface area contributed by atoms with Crippen molar-refractivity contribution in [1.82, 2.24) is 4.98 Å². The molecule has 1 aromatic heterocycles. The summed E-state index contributed by atoms with van der Waals surface area (Å²) in [6.45, 7) is 1.83. The molecule has 0 aliphatic heterocycles. The number of hydrogen-bond donors (Lipinski definition) is 1. The van der Waals surface area contributed by atoms with Crippen LogP contribution in [0.5, 0.6) is 0 Å². The molecule has 4 nitrogen and oxygen atoms in total. The van der Waals surface area contributed by atoms with E-state index < -0.39 is 5.82 Å². The Morgan fingerprint density at radius 2 is 2.00 bits per heavy atom. The van der Waals surface area contributed by atoms with E-state index in [0.717, 1.165) is 11.1 Å². The molecule has 2 aromatic carbocycles. The van der Waals surface area contributed by atoms with E-state index in [4.69, 9.17) is 16.0 Å². The Labute approximate surface area is 149 Å². The van der Waals surface area contributed by atoms with Crippen LogP contribution in [0.25, 0.3) is 11.3 Å². The molecule has 25 heavy (non-hydrogen) atoms. The van der Waals surface area contributed by atoms with Crippen molar-refractivity contribution in [1.29, 1.82) is 0 Å². The molecule has 0 bridgehead atoms. The number of carbonyl (C=O) groups is 1. The first-order valence-electron chi connectivity index (χ1n) is 7.78. The van der Waals surface area contributed by atoms with E-state index in [9.17, 15) is 9.18 Å². The van der Waals surface area contributed by atoms with Gasteiger partial charge in [0.1, 0.15) is 5.82 Å². The molecule has 128 valence electrons. The van der Waals surface area contributed by atoms with Gasteiger partial charge in [0.15, 0.2) is 11.7 Å². The van der Waals surface area contributed by atoms with Crippen LogP contribution in [0.4, 0.5) is 10.1 Å². The van der Waals surface area contributed by atoms with Crippen LogP contribution in [-0.4, -0.2) is 10.9 Å². The van der Waals surface area contributed by atoms with Gasteiger partial charge < -0.3 is 9.73 Å². The third-order valence-corrected chi connectivity index (χ3v) is 3.90. The Morgan fingerprint density at radius 1 is 1.24 bits per heavy atom. The number of nitrogens with zero attached hydrogens (tertiary/aromatic N) is 1. The van der Waals surface area contributed by atoms with Gasteiger partial charge >= 0.3 is 0 Å². The van der Waals surface area contributed by atoms with Gasteiger partial charge in [-0.25, -0.2) is 9.37 Å². The normalized spacial score (nSPS) is 10.7. The maximum absolute atomic E-state index is 13.7. The molecule has 0 aliphatic carbocycles. The molecule has 1 amide bonds. The summed E-state index contributed by atoms with van der Waals surface area (Å²) in [5.41, 5.74) is 1.91. The Hall–Kier alpha value is -2.66. The van der Waals surface area contributed by atoms with E-state index >= 15 is 0 Å². The molecule has 0 unspecified atom stereocenters. The van der Waals surface area contributed by atoms with E-state index in [1.807, 2.05) is 19.1 Å². The lowest BCUT2D eigenvalue weighted by atomic mass is 10.2. The number of nitrogens with one attached hydrogen (secondary N) is 1. The molecule has 3 aromatic rings. The van der Waals surface area contributed by atoms with E-state index in [0.29, 0.717) is 23.1 Å². The molecule has 0 saturated heterocycles. The summed E-state index contributed by atoms with van der Waals surface area (Å²) >= 11 is 5.86. The zero-order chi connectivity index (χ0) is 17.8. The van der Waals surface area contributed by atoms with Gasteiger partial charge in [0.2, 0.25) is 5.91 Å². The Bertz CT molecular complexity index is 891. The topological polar surface area (TPSA) is 55.1 Å². The lowest BCUT2D eigenvalue weighted by Crippen LogP contribution is -2.13. The van der Waals surface area contributed by atoms with Crippen LogP contribution in [0.1, 0.15) is 17.9 Å². The van der Waals surface area contributed by atoms with Crippen LogP contribution in [-0.2, 0) is 11.2 Å². The van der Waals surface area contributed by atoms with Gasteiger partial charge in [0, 0.05) is 23.4 Å². The third-order valence-electron chi connectivity index (χ3n) is 3.64. The SMILES string of the molecule is Cc1ccc(F)c(NC(=O)CCc2ncc(-c3ccc(Cl)cc3)o2)c1. The molecule has 0 atom stereocenters. The van der Waals surface area contributed by atoms with E-state index in [-0.39, 0.29) is 18.0 Å². The van der Waals surface area contributed by atoms with Crippen molar-refractivity contribution in [3.8, 4) is 11.3 Å². The first-order chi connectivity index (χ1) is 12.0. The minimum absolute atomic E-state index is 0.147. The molecule has 1 N–H and O–H groups in total. The van der Waals surface area contributed by atoms with Gasteiger partial charge in [-0.2, -0.15) is 0 Å². The van der Waals surface area contributed by atoms with Gasteiger partial charge in [0.25, 0.3) is 0 Å². The summed E-state index contributed by atoms with van der Waals surface area (Å²) in [6, 6.07) is 11.8. The third kappa shape index (κ3) is 4.45. The summed E-state index contributed by atoms with van der Waals surface area (Å²) < 4.78 is 19.3. The average molecular weight is 359 g/mol. The first kappa shape index (κ1) is 17.2. The molecule has 0 fully saturated rings. The van der Waals surface area contributed by atoms with Gasteiger partial charge in [-0.1, -0.05) is 17.7 Å². The smallest absolute Gasteiger partial charge is 0.224 e. The summed E-state index contributed by atoms with van der Waals surface area (Å²) in [5.74, 6) is 0.303. The molecular formula is C19H16ClFN2O2. The second kappa shape index (κ2) is 7.49. The van der Waals surface area contributed by atoms with Gasteiger partial charge in [-0.15, -0.1) is 0 Å². The number of hydrogen-bond acceptors (Lipinski definition) is 3. The number of anilines is 1. The zero-order valence-electron chi connectivity index (χ0n) is 13.6. The van der Waals surface area contributed by atoms with Crippen LogP contribution < -0.4 is 5.32 Å². The van der Waals surface area contributed by atoms with Gasteiger partial charge in [-0.05, 0) is 48.9 Å². The molecule has 1 heterocycles. The number of aromatic nitrogens is 1. The molecule has 0 radical (unpaired) electrons. The van der Waals surface area contributed by atoms with Crippen LogP contribution >= 0.6 is 11.6 Å². The zero-order valence-corrected chi connectivity index (χ0v) is 14.3. The lowest BCUT2D eigenvalue weighted by molar-refractivity contribution is -0.116. The lowest BCUT2D eigenvalue weighted by Gasteiger charge is -2.06. The first-order valence-corrected chi connectivity index (χ1v) is 8.16. The molecular weight excluding hydrogens is 343 g/mol. The van der Waals surface area contributed by atoms with E-state index in [1.165, 1.54) is 6.07 Å². The molecule has 0 saturated carbocycles. The minimum atomic E-state index is -0.458. The summed E-state index contributed by atoms with van der Waals surface area (Å²) in [5, 5.41) is 3.21. The molecule has 0 aliphatic rings. The second-order valence-electron chi connectivity index (χ2n) is 5.66. The monoisotopic (exact) mass is 358 g/mol. The molecule has 3 rings (SSSR count). The number of amides is 1. The number of halogens is 2. The second-order valence-corrected chi connectivity index (χ2v) is 6.09. The molecule has 6 heteroatoms. The highest BCUT2D eigenvalue weighted by Crippen LogP contribution is 2.23. The maximum Gasteiger partial charge on any atom is 0.224 e. The fourth-order valence-electron chi connectivity index (χ4n) is 2.34. The van der Waals surface area contributed by atoms with Crippen molar-refractivity contribution >= 4 is 23.2 Å². The fraction of sp³-hybridized carbons (Fsp3) is 0.158. The largest absolute Gasteiger partial charge is 0.441 e. The fourth-order valence-corrected chi connectivity index (χ4v) is 2.47. The van der Waals surface area contributed by atoms with E-state index in [2.05, 4.69) is 10.3 Å². The highest BCUT2D eigenvalue weighted by atomic mass is 35.5. The number of aryl methyl sites for hydroxylation is 2. The van der Waals surface area contributed by atoms with Gasteiger partial charge in [0.05, 0.1) is 11.9 Å². The van der Waals surface area contributed by atoms with Crippen molar-refractivity contribution in [2.24, 2.45) is 0 Å². The van der Waals surface area contributed by atoms with Crippen LogP contribution in [0, 0.1) is 12.7 Å². The average Bonchev–Trinajstić information content (AvgIpc) is 3.06. The Kier molecular flexibility index (Phi) is 5.14. The van der Waals surface area contributed by atoms with E-state index in [1.54, 1.807) is 30.5 Å². The Balaban J connectivity index is 1.59. The van der Waals surface area contributed by atoms with Crippen molar-refractivity contribution in [3.63, 3.8) is 0 Å². The van der Waals surface area contributed by atoms with Crippen LogP contribution in [0.15, 0.2) is 53.1 Å². The summed E-state index contributed by atoms with van der Waals surface area (Å²) in [7, 11) is 0. The Morgan fingerprint density at radius 3 is 2.76 bits per heavy atom. The van der Waals surface area contributed by atoms with Crippen LogP contribution in [0.3, 0.4) is 0 Å². The predicted octanol–water partition coefficient (Wildman–Crippen LogP) is 5.01. The highest BCUT2D eigenvalue weighted by Gasteiger charge is 2.11. The number of rotatable bonds is 5. The quantitative estimate of drug-likeness (QED) is 0.697. The van der Waals surface area contributed by atoms with Crippen molar-refractivity contribution in [3.05, 3.63) is 71.0 Å². The number of oxazole rings is 1. The maximum atomic E-state index is 13.7.